The van der Waals surface area contributed by atoms with Crippen molar-refractivity contribution in [1.82, 2.24) is 0 Å². The van der Waals surface area contributed by atoms with E-state index in [-0.39, 0.29) is 63.8 Å². The average molecular weight is 687 g/mol. The smallest absolute Gasteiger partial charge is 0.335 e. The fourth-order valence-electron chi connectivity index (χ4n) is 9.97. The van der Waals surface area contributed by atoms with Gasteiger partial charge >= 0.3 is 5.97 Å². The predicted octanol–water partition coefficient (Wildman–Crippen LogP) is 3.32. The SMILES string of the molecule is CC(=O)c1c(C)cc2cc(C(=O)O)cc(O[C@@H]3O[C@H](CO)[C@](O)(CC[C@H]4CC5(CCCC5)C[C@H]5COC[C@@H](CCO)[C@@H]54)[C@H](O)[C@H]3O)c2c1O. The highest BCUT2D eigenvalue weighted by Gasteiger charge is 2.57. The molecule has 2 aromatic rings. The molecule has 2 heterocycles. The molecule has 4 aliphatic rings. The van der Waals surface area contributed by atoms with E-state index in [2.05, 4.69) is 0 Å². The summed E-state index contributed by atoms with van der Waals surface area (Å²) < 4.78 is 17.9. The Balaban J connectivity index is 1.27. The molecule has 12 heteroatoms. The molecule has 2 aromatic carbocycles. The highest BCUT2D eigenvalue weighted by atomic mass is 16.7. The average Bonchev–Trinajstić information content (AvgIpc) is 3.50. The van der Waals surface area contributed by atoms with E-state index in [0.717, 1.165) is 31.7 Å². The third-order valence-corrected chi connectivity index (χ3v) is 12.1. The van der Waals surface area contributed by atoms with Crippen molar-refractivity contribution in [2.45, 2.75) is 102 Å². The zero-order valence-corrected chi connectivity index (χ0v) is 28.2. The van der Waals surface area contributed by atoms with Crippen molar-refractivity contribution in [2.24, 2.45) is 29.1 Å². The van der Waals surface area contributed by atoms with Crippen LogP contribution in [-0.2, 0) is 9.47 Å². The maximum absolute atomic E-state index is 12.4. The van der Waals surface area contributed by atoms with Crippen LogP contribution in [0, 0.1) is 36.0 Å². The van der Waals surface area contributed by atoms with Gasteiger partial charge in [-0.3, -0.25) is 4.79 Å². The molecule has 0 aromatic heterocycles. The van der Waals surface area contributed by atoms with E-state index in [1.165, 1.54) is 25.8 Å². The molecule has 2 saturated heterocycles. The van der Waals surface area contributed by atoms with E-state index in [4.69, 9.17) is 14.2 Å². The number of aromatic hydroxyl groups is 1. The first-order chi connectivity index (χ1) is 23.3. The first-order valence-electron chi connectivity index (χ1n) is 17.6. The Morgan fingerprint density at radius 2 is 1.76 bits per heavy atom. The van der Waals surface area contributed by atoms with Crippen LogP contribution in [0.4, 0.5) is 0 Å². The molecular formula is C37H50O12. The largest absolute Gasteiger partial charge is 0.506 e. The van der Waals surface area contributed by atoms with Gasteiger partial charge in [-0.25, -0.2) is 4.79 Å². The Hall–Kier alpha value is -2.84. The number of rotatable bonds is 10. The molecule has 0 amide bonds. The Kier molecular flexibility index (Phi) is 10.3. The summed E-state index contributed by atoms with van der Waals surface area (Å²) in [4.78, 5) is 24.4. The Morgan fingerprint density at radius 3 is 2.41 bits per heavy atom. The highest BCUT2D eigenvalue weighted by molar-refractivity contribution is 6.08. The van der Waals surface area contributed by atoms with Gasteiger partial charge < -0.3 is 50.0 Å². The van der Waals surface area contributed by atoms with Gasteiger partial charge in [-0.2, -0.15) is 0 Å². The molecule has 2 aliphatic carbocycles. The van der Waals surface area contributed by atoms with Crippen molar-refractivity contribution in [3.05, 3.63) is 34.9 Å². The number of carbonyl (C=O) groups excluding carboxylic acids is 1. The van der Waals surface area contributed by atoms with Crippen LogP contribution in [0.3, 0.4) is 0 Å². The number of fused-ring (bicyclic) bond motifs is 2. The minimum atomic E-state index is -2.05. The van der Waals surface area contributed by atoms with Crippen LogP contribution < -0.4 is 4.74 Å². The normalized spacial score (nSPS) is 34.2. The van der Waals surface area contributed by atoms with Gasteiger partial charge in [-0.05, 0) is 111 Å². The topological polar surface area (TPSA) is 203 Å². The van der Waals surface area contributed by atoms with Gasteiger partial charge in [0.1, 0.15) is 35.4 Å². The second-order valence-corrected chi connectivity index (χ2v) is 15.1. The third-order valence-electron chi connectivity index (χ3n) is 12.1. The van der Waals surface area contributed by atoms with Crippen molar-refractivity contribution in [3.8, 4) is 11.5 Å². The zero-order valence-electron chi connectivity index (χ0n) is 28.2. The van der Waals surface area contributed by atoms with E-state index in [0.29, 0.717) is 37.5 Å². The Morgan fingerprint density at radius 1 is 1.02 bits per heavy atom. The van der Waals surface area contributed by atoms with E-state index in [1.807, 2.05) is 0 Å². The molecule has 2 aliphatic heterocycles. The van der Waals surface area contributed by atoms with E-state index < -0.39 is 54.3 Å². The lowest BCUT2D eigenvalue weighted by Gasteiger charge is -2.53. The molecule has 12 nitrogen and oxygen atoms in total. The number of aromatic carboxylic acids is 1. The molecule has 49 heavy (non-hydrogen) atoms. The van der Waals surface area contributed by atoms with Crippen LogP contribution in [0.1, 0.15) is 91.0 Å². The second-order valence-electron chi connectivity index (χ2n) is 15.1. The summed E-state index contributed by atoms with van der Waals surface area (Å²) in [5.41, 5.74) is -1.60. The number of hydrogen-bond acceptors (Lipinski definition) is 11. The summed E-state index contributed by atoms with van der Waals surface area (Å²) in [6.07, 6.45) is 1.16. The number of aryl methyl sites for hydroxylation is 1. The lowest BCUT2D eigenvalue weighted by atomic mass is 9.55. The number of benzene rings is 2. The molecular weight excluding hydrogens is 636 g/mol. The summed E-state index contributed by atoms with van der Waals surface area (Å²) in [6, 6.07) is 3.98. The van der Waals surface area contributed by atoms with E-state index in [9.17, 15) is 45.3 Å². The fourth-order valence-corrected chi connectivity index (χ4v) is 9.97. The summed E-state index contributed by atoms with van der Waals surface area (Å²) >= 11 is 0. The number of carboxylic acids is 1. The number of carbonyl (C=O) groups is 2. The number of Topliss-reactive ketones (excluding diaryl/α,β-unsaturated/α-hetero) is 1. The van der Waals surface area contributed by atoms with Gasteiger partial charge in [0.05, 0.1) is 23.1 Å². The van der Waals surface area contributed by atoms with Gasteiger partial charge in [0.15, 0.2) is 5.78 Å². The maximum atomic E-state index is 12.4. The summed E-state index contributed by atoms with van der Waals surface area (Å²) in [5.74, 6) is -1.42. The van der Waals surface area contributed by atoms with Crippen molar-refractivity contribution in [3.63, 3.8) is 0 Å². The Labute approximate surface area is 285 Å². The molecule has 4 fully saturated rings. The van der Waals surface area contributed by atoms with Gasteiger partial charge in [-0.1, -0.05) is 18.9 Å². The molecule has 9 atom stereocenters. The van der Waals surface area contributed by atoms with Crippen LogP contribution in [0.2, 0.25) is 0 Å². The quantitative estimate of drug-likeness (QED) is 0.180. The molecule has 2 saturated carbocycles. The molecule has 0 unspecified atom stereocenters. The number of ketones is 1. The van der Waals surface area contributed by atoms with Gasteiger partial charge in [0, 0.05) is 19.8 Å². The van der Waals surface area contributed by atoms with Crippen LogP contribution in [-0.4, -0.2) is 104 Å². The summed E-state index contributed by atoms with van der Waals surface area (Å²) in [5, 5.41) is 76.3. The van der Waals surface area contributed by atoms with Gasteiger partial charge in [-0.15, -0.1) is 0 Å². The number of aliphatic hydroxyl groups excluding tert-OH is 4. The van der Waals surface area contributed by atoms with E-state index >= 15 is 0 Å². The van der Waals surface area contributed by atoms with Gasteiger partial charge in [0.2, 0.25) is 6.29 Å². The summed E-state index contributed by atoms with van der Waals surface area (Å²) in [7, 11) is 0. The second kappa shape index (κ2) is 14.1. The molecule has 0 radical (unpaired) electrons. The highest BCUT2D eigenvalue weighted by Crippen LogP contribution is 2.58. The third kappa shape index (κ3) is 6.57. The first-order valence-corrected chi connectivity index (χ1v) is 17.6. The van der Waals surface area contributed by atoms with Crippen molar-refractivity contribution in [2.75, 3.05) is 26.4 Å². The van der Waals surface area contributed by atoms with Crippen molar-refractivity contribution < 1.29 is 59.5 Å². The van der Waals surface area contributed by atoms with Crippen LogP contribution in [0.25, 0.3) is 10.8 Å². The monoisotopic (exact) mass is 686 g/mol. The summed E-state index contributed by atoms with van der Waals surface area (Å²) in [6.45, 7) is 3.47. The number of hydrogen-bond donors (Lipinski definition) is 7. The van der Waals surface area contributed by atoms with E-state index in [1.54, 1.807) is 13.0 Å². The Bertz CT molecular complexity index is 1550. The molecule has 0 bridgehead atoms. The molecule has 6 rings (SSSR count). The molecule has 7 N–H and O–H groups in total. The van der Waals surface area contributed by atoms with Crippen LogP contribution in [0.15, 0.2) is 18.2 Å². The minimum Gasteiger partial charge on any atom is -0.506 e. The molecule has 1 spiro atoms. The number of carboxylic acid groups (broad SMARTS) is 1. The number of ether oxygens (including phenoxy) is 3. The lowest BCUT2D eigenvalue weighted by molar-refractivity contribution is -0.315. The van der Waals surface area contributed by atoms with Crippen molar-refractivity contribution in [1.29, 1.82) is 0 Å². The standard InChI is InChI=1S/C37H50O12/c1-19-11-23-12-24(34(44)45)13-26(30(23)31(41)28(19)20(2)40)48-35-32(42)33(43)37(46,27(16-39)49-35)9-5-21-14-36(7-3-4-8-36)15-25-18-47-17-22(6-10-38)29(21)25/h11-13,21-22,25,27,29,32-33,35,38-39,41-43,46H,3-10,14-18H2,1-2H3,(H,44,45)/t21-,22+,25-,27+,29-,32+,33+,35+,37+/m0/s1. The minimum absolute atomic E-state index is 0.00839. The lowest BCUT2D eigenvalue weighted by Crippen LogP contribution is -2.68. The maximum Gasteiger partial charge on any atom is 0.335 e. The number of aliphatic hydroxyl groups is 5. The van der Waals surface area contributed by atoms with Gasteiger partial charge in [0.25, 0.3) is 0 Å². The molecule has 270 valence electrons. The van der Waals surface area contributed by atoms with Crippen LogP contribution in [0.5, 0.6) is 11.5 Å². The number of phenolic OH excluding ortho intramolecular Hbond substituents is 1. The zero-order chi connectivity index (χ0) is 35.2. The predicted molar refractivity (Wildman–Crippen MR) is 177 cm³/mol. The fraction of sp³-hybridized carbons (Fsp3) is 0.676. The number of phenols is 1. The van der Waals surface area contributed by atoms with Crippen molar-refractivity contribution >= 4 is 22.5 Å². The first kappa shape index (κ1) is 36.0. The van der Waals surface area contributed by atoms with Crippen LogP contribution >= 0.6 is 0 Å².